The van der Waals surface area contributed by atoms with Crippen LogP contribution in [0.3, 0.4) is 0 Å². The summed E-state index contributed by atoms with van der Waals surface area (Å²) in [6.45, 7) is 4.07. The number of anilines is 1. The third kappa shape index (κ3) is 6.77. The van der Waals surface area contributed by atoms with Crippen LogP contribution in [0.5, 0.6) is 0 Å². The average Bonchev–Trinajstić information content (AvgIpc) is 2.83. The van der Waals surface area contributed by atoms with Gasteiger partial charge >= 0.3 is 5.97 Å². The van der Waals surface area contributed by atoms with E-state index in [0.717, 1.165) is 11.1 Å². The van der Waals surface area contributed by atoms with Crippen LogP contribution < -0.4 is 10.6 Å². The highest BCUT2D eigenvalue weighted by Gasteiger charge is 2.25. The minimum atomic E-state index is -0.644. The summed E-state index contributed by atoms with van der Waals surface area (Å²) in [6, 6.07) is 25.3. The van der Waals surface area contributed by atoms with Crippen molar-refractivity contribution in [2.45, 2.75) is 19.8 Å². The first-order valence-corrected chi connectivity index (χ1v) is 10.9. The Morgan fingerprint density at radius 2 is 1.33 bits per heavy atom. The highest BCUT2D eigenvalue weighted by Crippen LogP contribution is 2.26. The van der Waals surface area contributed by atoms with Gasteiger partial charge in [-0.25, -0.2) is 0 Å². The van der Waals surface area contributed by atoms with Gasteiger partial charge in [0.05, 0.1) is 11.3 Å². The summed E-state index contributed by atoms with van der Waals surface area (Å²) in [5.41, 5.74) is 2.27. The number of carbonyl (C=O) groups excluding carboxylic acids is 3. The summed E-state index contributed by atoms with van der Waals surface area (Å²) < 4.78 is 5.37. The molecule has 0 bridgehead atoms. The molecule has 0 unspecified atom stereocenters. The molecular formula is C27H28N2O4. The number of carbonyl (C=O) groups is 3. The molecule has 6 nitrogen and oxygen atoms in total. The van der Waals surface area contributed by atoms with Gasteiger partial charge in [-0.3, -0.25) is 14.4 Å². The summed E-state index contributed by atoms with van der Waals surface area (Å²) in [5, 5.41) is 5.51. The van der Waals surface area contributed by atoms with Gasteiger partial charge in [-0.05, 0) is 29.2 Å². The van der Waals surface area contributed by atoms with Crippen molar-refractivity contribution < 1.29 is 19.1 Å². The van der Waals surface area contributed by atoms with Crippen LogP contribution in [0.25, 0.3) is 0 Å². The fraction of sp³-hybridized carbons (Fsp3) is 0.222. The number of amides is 2. The van der Waals surface area contributed by atoms with Gasteiger partial charge in [0.15, 0.2) is 6.61 Å². The van der Waals surface area contributed by atoms with Gasteiger partial charge < -0.3 is 15.4 Å². The highest BCUT2D eigenvalue weighted by molar-refractivity contribution is 6.04. The fourth-order valence-electron chi connectivity index (χ4n) is 3.34. The number of para-hydroxylation sites is 1. The van der Waals surface area contributed by atoms with Crippen molar-refractivity contribution in [1.29, 1.82) is 0 Å². The number of benzene rings is 3. The van der Waals surface area contributed by atoms with Crippen molar-refractivity contribution in [2.75, 3.05) is 18.5 Å². The Morgan fingerprint density at radius 1 is 0.788 bits per heavy atom. The molecule has 2 amide bonds. The second kappa shape index (κ2) is 11.6. The van der Waals surface area contributed by atoms with E-state index in [1.54, 1.807) is 24.3 Å². The van der Waals surface area contributed by atoms with E-state index in [1.807, 2.05) is 74.5 Å². The predicted molar refractivity (Wildman–Crippen MR) is 128 cm³/mol. The molecule has 0 fully saturated rings. The lowest BCUT2D eigenvalue weighted by atomic mass is 9.91. The first kappa shape index (κ1) is 23.7. The van der Waals surface area contributed by atoms with Gasteiger partial charge in [0.25, 0.3) is 11.8 Å². The van der Waals surface area contributed by atoms with E-state index in [-0.39, 0.29) is 5.91 Å². The minimum absolute atomic E-state index is 0.273. The molecule has 0 aromatic heterocycles. The molecule has 3 rings (SSSR count). The van der Waals surface area contributed by atoms with E-state index in [0.29, 0.717) is 23.7 Å². The number of hydrogen-bond acceptors (Lipinski definition) is 4. The lowest BCUT2D eigenvalue weighted by Gasteiger charge is -2.17. The van der Waals surface area contributed by atoms with Crippen molar-refractivity contribution in [3.63, 3.8) is 0 Å². The first-order chi connectivity index (χ1) is 16.0. The number of ether oxygens (including phenoxy) is 1. The molecule has 0 radical (unpaired) electrons. The normalized spacial score (nSPS) is 10.7. The van der Waals surface area contributed by atoms with Gasteiger partial charge in [0.1, 0.15) is 5.92 Å². The zero-order valence-electron chi connectivity index (χ0n) is 18.8. The minimum Gasteiger partial charge on any atom is -0.455 e. The number of esters is 1. The first-order valence-electron chi connectivity index (χ1n) is 10.9. The van der Waals surface area contributed by atoms with Gasteiger partial charge in [-0.15, -0.1) is 0 Å². The summed E-state index contributed by atoms with van der Waals surface area (Å²) in [5.74, 6) is -1.66. The second-order valence-electron chi connectivity index (χ2n) is 8.06. The SMILES string of the molecule is CC(C)CNC(=O)c1ccccc1NC(=O)COC(=O)C(c1ccccc1)c1ccccc1. The van der Waals surface area contributed by atoms with Crippen molar-refractivity contribution >= 4 is 23.5 Å². The molecule has 0 spiro atoms. The molecule has 0 saturated carbocycles. The van der Waals surface area contributed by atoms with E-state index in [1.165, 1.54) is 0 Å². The molecule has 0 saturated heterocycles. The van der Waals surface area contributed by atoms with Gasteiger partial charge in [0.2, 0.25) is 0 Å². The standard InChI is InChI=1S/C27H28N2O4/c1-19(2)17-28-26(31)22-15-9-10-16-23(22)29-24(30)18-33-27(32)25(20-11-5-3-6-12-20)21-13-7-4-8-14-21/h3-16,19,25H,17-18H2,1-2H3,(H,28,31)(H,29,30). The fourth-order valence-corrected chi connectivity index (χ4v) is 3.34. The molecule has 0 aliphatic heterocycles. The van der Waals surface area contributed by atoms with Gasteiger partial charge in [-0.2, -0.15) is 0 Å². The summed E-state index contributed by atoms with van der Waals surface area (Å²) in [6.07, 6.45) is 0. The summed E-state index contributed by atoms with van der Waals surface area (Å²) in [4.78, 5) is 38.0. The quantitative estimate of drug-likeness (QED) is 0.480. The van der Waals surface area contributed by atoms with Gasteiger partial charge in [-0.1, -0.05) is 86.6 Å². The zero-order valence-corrected chi connectivity index (χ0v) is 18.8. The summed E-state index contributed by atoms with van der Waals surface area (Å²) >= 11 is 0. The van der Waals surface area contributed by atoms with E-state index in [2.05, 4.69) is 10.6 Å². The van der Waals surface area contributed by atoms with Crippen LogP contribution in [0.2, 0.25) is 0 Å². The Morgan fingerprint density at radius 3 is 1.91 bits per heavy atom. The molecule has 3 aromatic rings. The van der Waals surface area contributed by atoms with Crippen LogP contribution in [-0.2, 0) is 14.3 Å². The largest absolute Gasteiger partial charge is 0.455 e. The molecule has 2 N–H and O–H groups in total. The van der Waals surface area contributed by atoms with Gasteiger partial charge in [0, 0.05) is 6.54 Å². The zero-order chi connectivity index (χ0) is 23.6. The Hall–Kier alpha value is -3.93. The predicted octanol–water partition coefficient (Wildman–Crippen LogP) is 4.39. The third-order valence-corrected chi connectivity index (χ3v) is 4.96. The highest BCUT2D eigenvalue weighted by atomic mass is 16.5. The maximum absolute atomic E-state index is 13.0. The second-order valence-corrected chi connectivity index (χ2v) is 8.06. The average molecular weight is 445 g/mol. The Labute approximate surface area is 194 Å². The lowest BCUT2D eigenvalue weighted by molar-refractivity contribution is -0.147. The molecule has 33 heavy (non-hydrogen) atoms. The maximum Gasteiger partial charge on any atom is 0.318 e. The molecule has 3 aromatic carbocycles. The molecule has 6 heteroatoms. The van der Waals surface area contributed by atoms with E-state index in [4.69, 9.17) is 4.74 Å². The third-order valence-electron chi connectivity index (χ3n) is 4.96. The maximum atomic E-state index is 13.0. The van der Waals surface area contributed by atoms with Crippen LogP contribution in [0.1, 0.15) is 41.3 Å². The van der Waals surface area contributed by atoms with Crippen molar-refractivity contribution in [2.24, 2.45) is 5.92 Å². The van der Waals surface area contributed by atoms with Crippen LogP contribution in [0.4, 0.5) is 5.69 Å². The summed E-state index contributed by atoms with van der Waals surface area (Å²) in [7, 11) is 0. The van der Waals surface area contributed by atoms with Crippen LogP contribution >= 0.6 is 0 Å². The Kier molecular flexibility index (Phi) is 8.36. The molecule has 170 valence electrons. The van der Waals surface area contributed by atoms with E-state index >= 15 is 0 Å². The molecular weight excluding hydrogens is 416 g/mol. The number of hydrogen-bond donors (Lipinski definition) is 2. The molecule has 0 aliphatic rings. The van der Waals surface area contributed by atoms with Crippen molar-refractivity contribution in [3.05, 3.63) is 102 Å². The van der Waals surface area contributed by atoms with Crippen molar-refractivity contribution in [1.82, 2.24) is 5.32 Å². The number of nitrogens with one attached hydrogen (secondary N) is 2. The Balaban J connectivity index is 1.67. The van der Waals surface area contributed by atoms with Crippen LogP contribution in [-0.4, -0.2) is 30.9 Å². The molecule has 0 heterocycles. The van der Waals surface area contributed by atoms with E-state index in [9.17, 15) is 14.4 Å². The van der Waals surface area contributed by atoms with E-state index < -0.39 is 24.4 Å². The lowest BCUT2D eigenvalue weighted by Crippen LogP contribution is -2.29. The molecule has 0 aliphatic carbocycles. The smallest absolute Gasteiger partial charge is 0.318 e. The Bertz CT molecular complexity index is 1040. The topological polar surface area (TPSA) is 84.5 Å². The van der Waals surface area contributed by atoms with Crippen LogP contribution in [0, 0.1) is 5.92 Å². The monoisotopic (exact) mass is 444 g/mol. The van der Waals surface area contributed by atoms with Crippen LogP contribution in [0.15, 0.2) is 84.9 Å². The molecule has 0 atom stereocenters. The number of rotatable bonds is 9. The van der Waals surface area contributed by atoms with Crippen molar-refractivity contribution in [3.8, 4) is 0 Å².